The maximum atomic E-state index is 12.1. The van der Waals surface area contributed by atoms with Crippen LogP contribution >= 0.6 is 11.6 Å². The van der Waals surface area contributed by atoms with E-state index in [-0.39, 0.29) is 11.9 Å². The highest BCUT2D eigenvalue weighted by molar-refractivity contribution is 6.30. The molecule has 0 spiro atoms. The van der Waals surface area contributed by atoms with Crippen molar-refractivity contribution in [3.63, 3.8) is 0 Å². The maximum Gasteiger partial charge on any atom is 0.249 e. The van der Waals surface area contributed by atoms with Crippen LogP contribution in [-0.2, 0) is 4.79 Å². The summed E-state index contributed by atoms with van der Waals surface area (Å²) < 4.78 is 5.43. The predicted molar refractivity (Wildman–Crippen MR) is 83.3 cm³/mol. The summed E-state index contributed by atoms with van der Waals surface area (Å²) in [5, 5.41) is 4.71. The Kier molecular flexibility index (Phi) is 4.43. The normalized spacial score (nSPS) is 18.5. The van der Waals surface area contributed by atoms with E-state index in [0.717, 1.165) is 31.4 Å². The molecule has 1 aliphatic rings. The first-order chi connectivity index (χ1) is 10.7. The summed E-state index contributed by atoms with van der Waals surface area (Å²) in [4.78, 5) is 18.4. The second kappa shape index (κ2) is 6.48. The molecule has 1 unspecified atom stereocenters. The lowest BCUT2D eigenvalue weighted by Crippen LogP contribution is -2.38. The van der Waals surface area contributed by atoms with Crippen molar-refractivity contribution in [2.24, 2.45) is 0 Å². The van der Waals surface area contributed by atoms with E-state index in [1.54, 1.807) is 12.1 Å². The van der Waals surface area contributed by atoms with Crippen LogP contribution < -0.4 is 0 Å². The minimum atomic E-state index is -0.102. The largest absolute Gasteiger partial charge is 0.337 e. The molecule has 1 aromatic heterocycles. The van der Waals surface area contributed by atoms with E-state index in [0.29, 0.717) is 23.2 Å². The zero-order valence-corrected chi connectivity index (χ0v) is 13.2. The highest BCUT2D eigenvalue weighted by atomic mass is 35.5. The van der Waals surface area contributed by atoms with Crippen molar-refractivity contribution in [3.8, 4) is 11.4 Å². The number of carbonyl (C=O) groups excluding carboxylic acids is 1. The predicted octanol–water partition coefficient (Wildman–Crippen LogP) is 3.85. The van der Waals surface area contributed by atoms with Gasteiger partial charge in [0.1, 0.15) is 6.04 Å². The molecule has 22 heavy (non-hydrogen) atoms. The summed E-state index contributed by atoms with van der Waals surface area (Å²) in [6.07, 6.45) is 3.46. The van der Waals surface area contributed by atoms with Gasteiger partial charge in [-0.3, -0.25) is 4.79 Å². The average molecular weight is 320 g/mol. The fraction of sp³-hybridized carbons (Fsp3) is 0.438. The minimum absolute atomic E-state index is 0.102. The molecule has 2 aromatic rings. The summed E-state index contributed by atoms with van der Waals surface area (Å²) >= 11 is 5.89. The molecule has 0 saturated carbocycles. The molecule has 0 bridgehead atoms. The van der Waals surface area contributed by atoms with Crippen LogP contribution in [0.4, 0.5) is 0 Å². The Morgan fingerprint density at radius 3 is 2.86 bits per heavy atom. The summed E-state index contributed by atoms with van der Waals surface area (Å²) in [5.74, 6) is 1.18. The van der Waals surface area contributed by atoms with E-state index in [2.05, 4.69) is 10.1 Å². The maximum absolute atomic E-state index is 12.1. The Morgan fingerprint density at radius 1 is 1.36 bits per heavy atom. The zero-order valence-electron chi connectivity index (χ0n) is 12.5. The van der Waals surface area contributed by atoms with E-state index >= 15 is 0 Å². The summed E-state index contributed by atoms with van der Waals surface area (Å²) in [6, 6.07) is 7.19. The van der Waals surface area contributed by atoms with Crippen LogP contribution in [0.1, 0.15) is 44.5 Å². The smallest absolute Gasteiger partial charge is 0.249 e. The van der Waals surface area contributed by atoms with Gasteiger partial charge < -0.3 is 9.42 Å². The third kappa shape index (κ3) is 2.99. The van der Waals surface area contributed by atoms with Crippen LogP contribution in [0.2, 0.25) is 5.02 Å². The van der Waals surface area contributed by atoms with E-state index in [9.17, 15) is 4.79 Å². The number of aromatic nitrogens is 2. The van der Waals surface area contributed by atoms with Gasteiger partial charge in [0.25, 0.3) is 0 Å². The van der Waals surface area contributed by atoms with Gasteiger partial charge in [-0.2, -0.15) is 4.98 Å². The van der Waals surface area contributed by atoms with E-state index in [1.807, 2.05) is 24.0 Å². The number of nitrogens with zero attached hydrogens (tertiary/aromatic N) is 3. The Morgan fingerprint density at radius 2 is 2.14 bits per heavy atom. The number of benzene rings is 1. The first-order valence-corrected chi connectivity index (χ1v) is 7.96. The van der Waals surface area contributed by atoms with Gasteiger partial charge in [-0.1, -0.05) is 23.7 Å². The van der Waals surface area contributed by atoms with Gasteiger partial charge >= 0.3 is 0 Å². The van der Waals surface area contributed by atoms with Gasteiger partial charge in [0, 0.05) is 23.6 Å². The van der Waals surface area contributed by atoms with Gasteiger partial charge in [-0.25, -0.2) is 0 Å². The Balaban J connectivity index is 1.85. The third-order valence-corrected chi connectivity index (χ3v) is 4.21. The Bertz CT molecular complexity index is 654. The lowest BCUT2D eigenvalue weighted by Gasteiger charge is -2.33. The molecule has 2 heterocycles. The van der Waals surface area contributed by atoms with Crippen LogP contribution in [0.5, 0.6) is 0 Å². The molecule has 0 N–H and O–H groups in total. The first kappa shape index (κ1) is 15.0. The van der Waals surface area contributed by atoms with Crippen LogP contribution in [0.25, 0.3) is 11.4 Å². The number of rotatable bonds is 3. The minimum Gasteiger partial charge on any atom is -0.337 e. The molecule has 6 heteroatoms. The SMILES string of the molecule is CCC(=O)N1CCCCC1c1nc(-c2ccc(Cl)cc2)no1. The van der Waals surface area contributed by atoms with Crippen molar-refractivity contribution in [2.75, 3.05) is 6.54 Å². The Labute approximate surface area is 134 Å². The van der Waals surface area contributed by atoms with Gasteiger partial charge in [-0.05, 0) is 43.5 Å². The van der Waals surface area contributed by atoms with Crippen LogP contribution in [-0.4, -0.2) is 27.5 Å². The second-order valence-electron chi connectivity index (χ2n) is 5.42. The highest BCUT2D eigenvalue weighted by Crippen LogP contribution is 2.31. The van der Waals surface area contributed by atoms with Crippen LogP contribution in [0.3, 0.4) is 0 Å². The van der Waals surface area contributed by atoms with Gasteiger partial charge in [0.2, 0.25) is 17.6 Å². The van der Waals surface area contributed by atoms with Crippen molar-refractivity contribution in [3.05, 3.63) is 35.2 Å². The number of hydrogen-bond acceptors (Lipinski definition) is 4. The molecule has 116 valence electrons. The third-order valence-electron chi connectivity index (χ3n) is 3.95. The molecule has 3 rings (SSSR count). The van der Waals surface area contributed by atoms with E-state index in [4.69, 9.17) is 16.1 Å². The lowest BCUT2D eigenvalue weighted by atomic mass is 10.0. The lowest BCUT2D eigenvalue weighted by molar-refractivity contribution is -0.135. The molecule has 1 atom stereocenters. The summed E-state index contributed by atoms with van der Waals surface area (Å²) in [6.45, 7) is 2.64. The monoisotopic (exact) mass is 319 g/mol. The van der Waals surface area contributed by atoms with Crippen molar-refractivity contribution in [1.29, 1.82) is 0 Å². The van der Waals surface area contributed by atoms with Crippen molar-refractivity contribution < 1.29 is 9.32 Å². The first-order valence-electron chi connectivity index (χ1n) is 7.58. The van der Waals surface area contributed by atoms with E-state index < -0.39 is 0 Å². The van der Waals surface area contributed by atoms with Crippen LogP contribution in [0, 0.1) is 0 Å². The molecule has 1 saturated heterocycles. The topological polar surface area (TPSA) is 59.2 Å². The number of hydrogen-bond donors (Lipinski definition) is 0. The number of halogens is 1. The number of amides is 1. The number of likely N-dealkylation sites (tertiary alicyclic amines) is 1. The molecule has 5 nitrogen and oxygen atoms in total. The fourth-order valence-electron chi connectivity index (χ4n) is 2.78. The summed E-state index contributed by atoms with van der Waals surface area (Å²) in [5.41, 5.74) is 0.851. The molecular weight excluding hydrogens is 302 g/mol. The zero-order chi connectivity index (χ0) is 15.5. The second-order valence-corrected chi connectivity index (χ2v) is 5.85. The highest BCUT2D eigenvalue weighted by Gasteiger charge is 2.31. The fourth-order valence-corrected chi connectivity index (χ4v) is 2.90. The van der Waals surface area contributed by atoms with Gasteiger partial charge in [-0.15, -0.1) is 0 Å². The van der Waals surface area contributed by atoms with Gasteiger partial charge in [0.15, 0.2) is 0 Å². The van der Waals surface area contributed by atoms with Crippen molar-refractivity contribution in [1.82, 2.24) is 15.0 Å². The van der Waals surface area contributed by atoms with E-state index in [1.165, 1.54) is 0 Å². The molecule has 1 fully saturated rings. The molecule has 0 radical (unpaired) electrons. The molecular formula is C16H18ClN3O2. The summed E-state index contributed by atoms with van der Waals surface area (Å²) in [7, 11) is 0. The number of piperidine rings is 1. The number of carbonyl (C=O) groups is 1. The molecule has 1 aliphatic heterocycles. The standard InChI is InChI=1S/C16H18ClN3O2/c1-2-14(21)20-10-4-3-5-13(20)16-18-15(19-22-16)11-6-8-12(17)9-7-11/h6-9,13H,2-5,10H2,1H3. The van der Waals surface area contributed by atoms with Crippen molar-refractivity contribution >= 4 is 17.5 Å². The Hall–Kier alpha value is -1.88. The molecule has 1 aromatic carbocycles. The molecule has 1 amide bonds. The average Bonchev–Trinajstić information content (AvgIpc) is 3.04. The van der Waals surface area contributed by atoms with Crippen molar-refractivity contribution in [2.45, 2.75) is 38.6 Å². The molecule has 0 aliphatic carbocycles. The van der Waals surface area contributed by atoms with Crippen LogP contribution in [0.15, 0.2) is 28.8 Å². The quantitative estimate of drug-likeness (QED) is 0.862. The van der Waals surface area contributed by atoms with Gasteiger partial charge in [0.05, 0.1) is 0 Å².